The van der Waals surface area contributed by atoms with Crippen LogP contribution in [0, 0.1) is 0 Å². The molecular formula is C6H8NO4P-2. The first-order valence-electron chi connectivity index (χ1n) is 3.45. The van der Waals surface area contributed by atoms with E-state index in [0.29, 0.717) is 12.3 Å². The van der Waals surface area contributed by atoms with Crippen molar-refractivity contribution in [3.05, 3.63) is 17.8 Å². The first kappa shape index (κ1) is 9.45. The lowest BCUT2D eigenvalue weighted by atomic mass is 10.5. The van der Waals surface area contributed by atoms with Gasteiger partial charge in [-0.2, -0.15) is 0 Å². The molecule has 0 fully saturated rings. The van der Waals surface area contributed by atoms with Crippen LogP contribution in [0.3, 0.4) is 0 Å². The zero-order valence-electron chi connectivity index (χ0n) is 6.52. The minimum atomic E-state index is -4.51. The van der Waals surface area contributed by atoms with E-state index in [1.54, 1.807) is 0 Å². The largest absolute Gasteiger partial charge is 0.810 e. The number of hydrogen-bond acceptors (Lipinski definition) is 5. The van der Waals surface area contributed by atoms with Crippen molar-refractivity contribution in [3.63, 3.8) is 0 Å². The number of aryl methyl sites for hydroxylation is 1. The molecule has 6 heteroatoms. The molecule has 1 aromatic heterocycles. The molecule has 0 aliphatic carbocycles. The maximum Gasteiger partial charge on any atom is 0.193 e. The van der Waals surface area contributed by atoms with Gasteiger partial charge >= 0.3 is 0 Å². The average molecular weight is 189 g/mol. The summed E-state index contributed by atoms with van der Waals surface area (Å²) < 4.78 is 15.1. The van der Waals surface area contributed by atoms with Crippen molar-refractivity contribution >= 4 is 7.60 Å². The van der Waals surface area contributed by atoms with Gasteiger partial charge < -0.3 is 18.8 Å². The molecule has 0 bridgehead atoms. The van der Waals surface area contributed by atoms with Gasteiger partial charge in [-0.15, -0.1) is 0 Å². The molecule has 0 saturated carbocycles. The smallest absolute Gasteiger partial charge is 0.193 e. The zero-order chi connectivity index (χ0) is 9.19. The van der Waals surface area contributed by atoms with Crippen molar-refractivity contribution in [3.8, 4) is 0 Å². The lowest BCUT2D eigenvalue weighted by molar-refractivity contribution is -0.314. The standard InChI is InChI=1S/C6H10NO4P/c1-2-6-7-5(3-11-6)4-12(8,9)10/h3H,2,4H2,1H3,(H2,8,9,10)/p-2. The van der Waals surface area contributed by atoms with Crippen molar-refractivity contribution in [2.75, 3.05) is 0 Å². The van der Waals surface area contributed by atoms with E-state index in [4.69, 9.17) is 4.42 Å². The second-order valence-electron chi connectivity index (χ2n) is 2.36. The molecular weight excluding hydrogens is 181 g/mol. The van der Waals surface area contributed by atoms with Crippen molar-refractivity contribution in [2.24, 2.45) is 0 Å². The summed E-state index contributed by atoms with van der Waals surface area (Å²) in [5, 5.41) is 0. The normalized spacial score (nSPS) is 11.9. The highest BCUT2D eigenvalue weighted by Crippen LogP contribution is 2.28. The SMILES string of the molecule is CCc1nc(CP(=O)([O-])[O-])co1. The first-order chi connectivity index (χ1) is 5.51. The maximum absolute atomic E-state index is 10.3. The molecule has 1 aromatic rings. The summed E-state index contributed by atoms with van der Waals surface area (Å²) >= 11 is 0. The van der Waals surface area contributed by atoms with Gasteiger partial charge in [0, 0.05) is 12.6 Å². The highest BCUT2D eigenvalue weighted by atomic mass is 31.2. The third-order valence-electron chi connectivity index (χ3n) is 1.26. The highest BCUT2D eigenvalue weighted by Gasteiger charge is 2.02. The van der Waals surface area contributed by atoms with Gasteiger partial charge in [0.2, 0.25) is 0 Å². The topological polar surface area (TPSA) is 89.2 Å². The van der Waals surface area contributed by atoms with Crippen LogP contribution in [-0.4, -0.2) is 4.98 Å². The van der Waals surface area contributed by atoms with Crippen molar-refractivity contribution < 1.29 is 18.8 Å². The first-order valence-corrected chi connectivity index (χ1v) is 5.18. The van der Waals surface area contributed by atoms with Crippen molar-refractivity contribution in [2.45, 2.75) is 19.5 Å². The molecule has 0 aliphatic heterocycles. The Balaban J connectivity index is 2.71. The van der Waals surface area contributed by atoms with Gasteiger partial charge in [-0.05, 0) is 0 Å². The Morgan fingerprint density at radius 2 is 2.33 bits per heavy atom. The van der Waals surface area contributed by atoms with Gasteiger partial charge in [0.05, 0.1) is 5.69 Å². The van der Waals surface area contributed by atoms with Gasteiger partial charge in [-0.25, -0.2) is 4.98 Å². The Morgan fingerprint density at radius 3 is 2.75 bits per heavy atom. The Bertz CT molecular complexity index is 302. The summed E-state index contributed by atoms with van der Waals surface area (Å²) in [5.74, 6) is 0.443. The Labute approximate surface area is 69.6 Å². The van der Waals surface area contributed by atoms with Gasteiger partial charge in [-0.1, -0.05) is 14.5 Å². The molecule has 0 N–H and O–H groups in total. The molecule has 0 radical (unpaired) electrons. The Kier molecular flexibility index (Phi) is 2.67. The molecule has 12 heavy (non-hydrogen) atoms. The predicted octanol–water partition coefficient (Wildman–Crippen LogP) is -0.349. The summed E-state index contributed by atoms with van der Waals surface area (Å²) in [6, 6.07) is 0. The van der Waals surface area contributed by atoms with Crippen molar-refractivity contribution in [1.82, 2.24) is 4.98 Å². The summed E-state index contributed by atoms with van der Waals surface area (Å²) in [6.07, 6.45) is 1.21. The number of rotatable bonds is 3. The summed E-state index contributed by atoms with van der Waals surface area (Å²) in [7, 11) is -4.51. The number of aromatic nitrogens is 1. The fraction of sp³-hybridized carbons (Fsp3) is 0.500. The second kappa shape index (κ2) is 3.39. The van der Waals surface area contributed by atoms with Crippen LogP contribution >= 0.6 is 7.60 Å². The van der Waals surface area contributed by atoms with E-state index in [0.717, 1.165) is 0 Å². The minimum absolute atomic E-state index is 0.181. The van der Waals surface area contributed by atoms with Crippen molar-refractivity contribution in [1.29, 1.82) is 0 Å². The third kappa shape index (κ3) is 2.77. The lowest BCUT2D eigenvalue weighted by Crippen LogP contribution is -2.15. The van der Waals surface area contributed by atoms with E-state index in [1.807, 2.05) is 6.92 Å². The molecule has 1 heterocycles. The van der Waals surface area contributed by atoms with Crippen LogP contribution in [0.5, 0.6) is 0 Å². The predicted molar refractivity (Wildman–Crippen MR) is 37.2 cm³/mol. The highest BCUT2D eigenvalue weighted by molar-refractivity contribution is 7.47. The molecule has 0 spiro atoms. The Morgan fingerprint density at radius 1 is 1.67 bits per heavy atom. The summed E-state index contributed by atoms with van der Waals surface area (Å²) in [5.41, 5.74) is 0.181. The fourth-order valence-corrected chi connectivity index (χ4v) is 1.32. The molecule has 0 aliphatic rings. The molecule has 68 valence electrons. The second-order valence-corrected chi connectivity index (χ2v) is 3.89. The van der Waals surface area contributed by atoms with E-state index in [-0.39, 0.29) is 5.69 Å². The van der Waals surface area contributed by atoms with E-state index in [9.17, 15) is 14.4 Å². The summed E-state index contributed by atoms with van der Waals surface area (Å²) in [6.45, 7) is 1.82. The third-order valence-corrected chi connectivity index (χ3v) is 1.97. The zero-order valence-corrected chi connectivity index (χ0v) is 7.41. The van der Waals surface area contributed by atoms with Crippen LogP contribution in [0.4, 0.5) is 0 Å². The number of hydrogen-bond donors (Lipinski definition) is 0. The van der Waals surface area contributed by atoms with Gasteiger partial charge in [-0.3, -0.25) is 0 Å². The molecule has 1 rings (SSSR count). The van der Waals surface area contributed by atoms with Crippen LogP contribution in [0.25, 0.3) is 0 Å². The number of oxazole rings is 1. The van der Waals surface area contributed by atoms with Crippen LogP contribution in [0.1, 0.15) is 18.5 Å². The molecule has 0 saturated heterocycles. The molecule has 5 nitrogen and oxygen atoms in total. The maximum atomic E-state index is 10.3. The molecule has 0 atom stereocenters. The van der Waals surface area contributed by atoms with Crippen LogP contribution < -0.4 is 9.79 Å². The molecule has 0 aromatic carbocycles. The fourth-order valence-electron chi connectivity index (χ4n) is 0.782. The van der Waals surface area contributed by atoms with Gasteiger partial charge in [0.1, 0.15) is 6.26 Å². The molecule has 0 amide bonds. The van der Waals surface area contributed by atoms with E-state index >= 15 is 0 Å². The van der Waals surface area contributed by atoms with E-state index in [2.05, 4.69) is 4.98 Å². The molecule has 0 unspecified atom stereocenters. The lowest BCUT2D eigenvalue weighted by Gasteiger charge is -2.27. The van der Waals surface area contributed by atoms with Crippen LogP contribution in [0.15, 0.2) is 10.7 Å². The monoisotopic (exact) mass is 189 g/mol. The van der Waals surface area contributed by atoms with Gasteiger partial charge in [0.15, 0.2) is 5.89 Å². The van der Waals surface area contributed by atoms with Crippen LogP contribution in [0.2, 0.25) is 0 Å². The quantitative estimate of drug-likeness (QED) is 0.606. The number of nitrogens with zero attached hydrogens (tertiary/aromatic N) is 1. The summed E-state index contributed by atoms with van der Waals surface area (Å²) in [4.78, 5) is 24.4. The van der Waals surface area contributed by atoms with Gasteiger partial charge in [0.25, 0.3) is 0 Å². The minimum Gasteiger partial charge on any atom is -0.810 e. The van der Waals surface area contributed by atoms with E-state index in [1.165, 1.54) is 6.26 Å². The average Bonchev–Trinajstić information content (AvgIpc) is 2.32. The Hall–Kier alpha value is -0.640. The van der Waals surface area contributed by atoms with Crippen LogP contribution in [-0.2, 0) is 17.1 Å². The van der Waals surface area contributed by atoms with E-state index < -0.39 is 13.8 Å².